The summed E-state index contributed by atoms with van der Waals surface area (Å²) >= 11 is 0. The summed E-state index contributed by atoms with van der Waals surface area (Å²) < 4.78 is 29.6. The van der Waals surface area contributed by atoms with Crippen LogP contribution in [0.25, 0.3) is 11.3 Å². The van der Waals surface area contributed by atoms with Gasteiger partial charge in [-0.05, 0) is 36.4 Å². The van der Waals surface area contributed by atoms with Crippen LogP contribution in [0, 0.1) is 5.82 Å². The number of aromatic nitrogens is 1. The Balaban J connectivity index is 1.34. The highest BCUT2D eigenvalue weighted by molar-refractivity contribution is 5.91. The molecule has 4 rings (SSSR count). The monoisotopic (exact) mass is 368 g/mol. The van der Waals surface area contributed by atoms with Crippen LogP contribution in [0.1, 0.15) is 12.3 Å². The Morgan fingerprint density at radius 1 is 1.07 bits per heavy atom. The van der Waals surface area contributed by atoms with Crippen molar-refractivity contribution in [1.29, 1.82) is 0 Å². The number of oxazole rings is 1. The molecule has 0 saturated carbocycles. The van der Waals surface area contributed by atoms with Gasteiger partial charge in [0, 0.05) is 30.2 Å². The molecule has 1 aromatic heterocycles. The van der Waals surface area contributed by atoms with Crippen LogP contribution in [0.4, 0.5) is 10.1 Å². The molecule has 138 valence electrons. The Labute approximate surface area is 154 Å². The lowest BCUT2D eigenvalue weighted by Crippen LogP contribution is -2.16. The van der Waals surface area contributed by atoms with Crippen LogP contribution < -0.4 is 14.8 Å². The average molecular weight is 368 g/mol. The fraction of sp³-hybridized carbons (Fsp3) is 0.200. The summed E-state index contributed by atoms with van der Waals surface area (Å²) in [6, 6.07) is 11.2. The molecule has 0 atom stereocenters. The lowest BCUT2D eigenvalue weighted by atomic mass is 10.2. The lowest BCUT2D eigenvalue weighted by Gasteiger charge is -2.18. The molecule has 7 heteroatoms. The number of aryl methyl sites for hydroxylation is 1. The summed E-state index contributed by atoms with van der Waals surface area (Å²) in [5.74, 6) is 1.81. The topological polar surface area (TPSA) is 73.6 Å². The van der Waals surface area contributed by atoms with Crippen LogP contribution in [-0.4, -0.2) is 24.1 Å². The van der Waals surface area contributed by atoms with Crippen molar-refractivity contribution >= 4 is 11.6 Å². The second-order valence-electron chi connectivity index (χ2n) is 6.03. The number of anilines is 1. The third-order valence-corrected chi connectivity index (χ3v) is 4.07. The molecular weight excluding hydrogens is 351 g/mol. The highest BCUT2D eigenvalue weighted by Gasteiger charge is 2.13. The molecule has 1 amide bonds. The lowest BCUT2D eigenvalue weighted by molar-refractivity contribution is -0.116. The minimum absolute atomic E-state index is 0.159. The van der Waals surface area contributed by atoms with E-state index in [-0.39, 0.29) is 18.1 Å². The number of halogens is 1. The summed E-state index contributed by atoms with van der Waals surface area (Å²) in [5.41, 5.74) is 1.37. The molecule has 3 aromatic rings. The Bertz CT molecular complexity index is 953. The van der Waals surface area contributed by atoms with Crippen molar-refractivity contribution in [3.63, 3.8) is 0 Å². The van der Waals surface area contributed by atoms with Crippen LogP contribution in [-0.2, 0) is 11.2 Å². The summed E-state index contributed by atoms with van der Waals surface area (Å²) in [6.45, 7) is 1.01. The predicted octanol–water partition coefficient (Wildman–Crippen LogP) is 3.82. The van der Waals surface area contributed by atoms with Crippen LogP contribution in [0.15, 0.2) is 53.1 Å². The molecule has 2 heterocycles. The maximum Gasteiger partial charge on any atom is 0.224 e. The summed E-state index contributed by atoms with van der Waals surface area (Å²) in [6.07, 6.45) is 2.15. The van der Waals surface area contributed by atoms with E-state index in [1.807, 2.05) is 0 Å². The highest BCUT2D eigenvalue weighted by atomic mass is 19.1. The number of carbonyl (C=O) groups is 1. The summed E-state index contributed by atoms with van der Waals surface area (Å²) in [5, 5.41) is 2.82. The molecular formula is C20H17FN2O4. The Hall–Kier alpha value is -3.35. The molecule has 1 aliphatic heterocycles. The van der Waals surface area contributed by atoms with Crippen LogP contribution >= 0.6 is 0 Å². The number of hydrogen-bond donors (Lipinski definition) is 1. The quantitative estimate of drug-likeness (QED) is 0.741. The molecule has 0 radical (unpaired) electrons. The zero-order valence-corrected chi connectivity index (χ0v) is 14.4. The van der Waals surface area contributed by atoms with Crippen LogP contribution in [0.2, 0.25) is 0 Å². The number of fused-ring (bicyclic) bond motifs is 1. The van der Waals surface area contributed by atoms with E-state index in [0.29, 0.717) is 48.5 Å². The van der Waals surface area contributed by atoms with Gasteiger partial charge in [0.15, 0.2) is 23.1 Å². The number of nitrogens with zero attached hydrogens (tertiary/aromatic N) is 1. The predicted molar refractivity (Wildman–Crippen MR) is 96.3 cm³/mol. The van der Waals surface area contributed by atoms with Gasteiger partial charge >= 0.3 is 0 Å². The van der Waals surface area contributed by atoms with E-state index in [2.05, 4.69) is 10.3 Å². The van der Waals surface area contributed by atoms with E-state index in [4.69, 9.17) is 13.9 Å². The third kappa shape index (κ3) is 4.08. The van der Waals surface area contributed by atoms with Gasteiger partial charge in [-0.2, -0.15) is 0 Å². The highest BCUT2D eigenvalue weighted by Crippen LogP contribution is 2.32. The van der Waals surface area contributed by atoms with Gasteiger partial charge in [-0.15, -0.1) is 0 Å². The molecule has 6 nitrogen and oxygen atoms in total. The van der Waals surface area contributed by atoms with Gasteiger partial charge in [0.05, 0.1) is 6.20 Å². The number of rotatable bonds is 5. The van der Waals surface area contributed by atoms with Gasteiger partial charge < -0.3 is 19.2 Å². The summed E-state index contributed by atoms with van der Waals surface area (Å²) in [4.78, 5) is 16.3. The first-order chi connectivity index (χ1) is 13.2. The second-order valence-corrected chi connectivity index (χ2v) is 6.03. The Morgan fingerprint density at radius 2 is 1.85 bits per heavy atom. The third-order valence-electron chi connectivity index (χ3n) is 4.07. The first-order valence-corrected chi connectivity index (χ1v) is 8.57. The van der Waals surface area contributed by atoms with Crippen molar-refractivity contribution in [3.05, 3.63) is 60.4 Å². The van der Waals surface area contributed by atoms with Crippen molar-refractivity contribution < 1.29 is 23.1 Å². The number of nitrogens with one attached hydrogen (secondary N) is 1. The van der Waals surface area contributed by atoms with E-state index in [1.165, 1.54) is 12.1 Å². The number of benzene rings is 2. The van der Waals surface area contributed by atoms with E-state index < -0.39 is 0 Å². The standard InChI is InChI=1S/C20H17FN2O4/c21-14-3-1-13(2-4-14)18-12-22-20(27-18)8-7-19(24)23-15-5-6-16-17(11-15)26-10-9-25-16/h1-6,11-12H,7-10H2,(H,23,24). The molecule has 0 aliphatic carbocycles. The SMILES string of the molecule is O=C(CCc1ncc(-c2ccc(F)cc2)o1)Nc1ccc2c(c1)OCCO2. The van der Waals surface area contributed by atoms with E-state index >= 15 is 0 Å². The smallest absolute Gasteiger partial charge is 0.224 e. The normalized spacial score (nSPS) is 12.6. The number of amides is 1. The van der Waals surface area contributed by atoms with Gasteiger partial charge in [0.2, 0.25) is 5.91 Å². The minimum atomic E-state index is -0.311. The first kappa shape index (κ1) is 17.1. The second kappa shape index (κ2) is 7.49. The first-order valence-electron chi connectivity index (χ1n) is 8.57. The molecule has 1 N–H and O–H groups in total. The van der Waals surface area contributed by atoms with Gasteiger partial charge in [0.1, 0.15) is 19.0 Å². The van der Waals surface area contributed by atoms with Crippen molar-refractivity contribution in [2.24, 2.45) is 0 Å². The molecule has 0 spiro atoms. The molecule has 2 aromatic carbocycles. The van der Waals surface area contributed by atoms with Crippen molar-refractivity contribution in [1.82, 2.24) is 4.98 Å². The van der Waals surface area contributed by atoms with Crippen LogP contribution in [0.3, 0.4) is 0 Å². The van der Waals surface area contributed by atoms with E-state index in [1.54, 1.807) is 36.5 Å². The maximum atomic E-state index is 13.0. The number of hydrogen-bond acceptors (Lipinski definition) is 5. The fourth-order valence-corrected chi connectivity index (χ4v) is 2.74. The summed E-state index contributed by atoms with van der Waals surface area (Å²) in [7, 11) is 0. The molecule has 0 bridgehead atoms. The molecule has 27 heavy (non-hydrogen) atoms. The molecule has 0 unspecified atom stereocenters. The zero-order chi connectivity index (χ0) is 18.6. The average Bonchev–Trinajstić information content (AvgIpc) is 3.16. The van der Waals surface area contributed by atoms with Crippen LogP contribution in [0.5, 0.6) is 11.5 Å². The minimum Gasteiger partial charge on any atom is -0.486 e. The van der Waals surface area contributed by atoms with Gasteiger partial charge in [-0.25, -0.2) is 9.37 Å². The molecule has 0 fully saturated rings. The fourth-order valence-electron chi connectivity index (χ4n) is 2.74. The van der Waals surface area contributed by atoms with Crippen molar-refractivity contribution in [2.75, 3.05) is 18.5 Å². The molecule has 1 aliphatic rings. The van der Waals surface area contributed by atoms with Crippen molar-refractivity contribution in [3.8, 4) is 22.8 Å². The number of carbonyl (C=O) groups excluding carboxylic acids is 1. The number of ether oxygens (including phenoxy) is 2. The maximum absolute atomic E-state index is 13.0. The van der Waals surface area contributed by atoms with Gasteiger partial charge in [-0.3, -0.25) is 4.79 Å². The largest absolute Gasteiger partial charge is 0.486 e. The van der Waals surface area contributed by atoms with E-state index in [0.717, 1.165) is 5.56 Å². The Kier molecular flexibility index (Phi) is 4.74. The zero-order valence-electron chi connectivity index (χ0n) is 14.4. The Morgan fingerprint density at radius 3 is 2.67 bits per heavy atom. The van der Waals surface area contributed by atoms with E-state index in [9.17, 15) is 9.18 Å². The van der Waals surface area contributed by atoms with Gasteiger partial charge in [-0.1, -0.05) is 0 Å². The van der Waals surface area contributed by atoms with Crippen molar-refractivity contribution in [2.45, 2.75) is 12.8 Å². The molecule has 0 saturated heterocycles. The van der Waals surface area contributed by atoms with Gasteiger partial charge in [0.25, 0.3) is 0 Å².